The van der Waals surface area contributed by atoms with Crippen molar-refractivity contribution in [3.05, 3.63) is 65.7 Å². The van der Waals surface area contributed by atoms with Gasteiger partial charge in [-0.25, -0.2) is 13.2 Å². The molecular weight excluding hydrogens is 378 g/mol. The Hall–Kier alpha value is -2.38. The van der Waals surface area contributed by atoms with Gasteiger partial charge in [0.05, 0.1) is 18.1 Å². The van der Waals surface area contributed by atoms with Gasteiger partial charge in [0.15, 0.2) is 5.37 Å². The van der Waals surface area contributed by atoms with Crippen molar-refractivity contribution in [1.82, 2.24) is 5.32 Å². The Kier molecular flexibility index (Phi) is 7.21. The maximum Gasteiger partial charge on any atom is 0.408 e. The average molecular weight is 406 g/mol. The first-order chi connectivity index (χ1) is 13.1. The standard InChI is InChI=1S/C21H27NO5S/c1-16-10-12-18(13-11-16)28(24,25)19(22-20(23)27-21(2,3)4)15-26-14-17-8-6-5-7-9-17/h5-13,19H,14-15H2,1-4H3,(H,22,23). The summed E-state index contributed by atoms with van der Waals surface area (Å²) < 4.78 is 36.9. The zero-order valence-electron chi connectivity index (χ0n) is 16.6. The number of rotatable bonds is 7. The number of alkyl carbamates (subject to hydrolysis) is 1. The number of aryl methyl sites for hydroxylation is 1. The van der Waals surface area contributed by atoms with Crippen molar-refractivity contribution in [2.75, 3.05) is 6.61 Å². The summed E-state index contributed by atoms with van der Waals surface area (Å²) in [5.41, 5.74) is 1.11. The zero-order valence-corrected chi connectivity index (χ0v) is 17.5. The second-order valence-electron chi connectivity index (χ2n) is 7.49. The zero-order chi connectivity index (χ0) is 20.8. The van der Waals surface area contributed by atoms with Gasteiger partial charge in [-0.1, -0.05) is 48.0 Å². The second-order valence-corrected chi connectivity index (χ2v) is 9.62. The summed E-state index contributed by atoms with van der Waals surface area (Å²) in [6.07, 6.45) is -0.809. The Morgan fingerprint density at radius 2 is 1.64 bits per heavy atom. The SMILES string of the molecule is Cc1ccc(S(=O)(=O)C(COCc2ccccc2)NC(=O)OC(C)(C)C)cc1. The van der Waals surface area contributed by atoms with E-state index in [4.69, 9.17) is 9.47 Å². The highest BCUT2D eigenvalue weighted by Gasteiger charge is 2.31. The first-order valence-corrected chi connectivity index (χ1v) is 10.5. The number of hydrogen-bond acceptors (Lipinski definition) is 5. The van der Waals surface area contributed by atoms with Crippen LogP contribution in [0.5, 0.6) is 0 Å². The Balaban J connectivity index is 2.16. The number of sulfone groups is 1. The van der Waals surface area contributed by atoms with E-state index in [-0.39, 0.29) is 18.1 Å². The van der Waals surface area contributed by atoms with Gasteiger partial charge in [-0.2, -0.15) is 0 Å². The maximum atomic E-state index is 13.0. The fraction of sp³-hybridized carbons (Fsp3) is 0.381. The van der Waals surface area contributed by atoms with Crippen molar-refractivity contribution in [2.45, 2.75) is 50.2 Å². The molecule has 1 unspecified atom stereocenters. The van der Waals surface area contributed by atoms with Crippen LogP contribution in [0, 0.1) is 6.92 Å². The molecule has 2 aromatic rings. The van der Waals surface area contributed by atoms with Gasteiger partial charge in [0, 0.05) is 0 Å². The van der Waals surface area contributed by atoms with Crippen molar-refractivity contribution in [2.24, 2.45) is 0 Å². The molecule has 1 atom stereocenters. The number of ether oxygens (including phenoxy) is 2. The molecule has 2 aromatic carbocycles. The van der Waals surface area contributed by atoms with Crippen LogP contribution in [0.1, 0.15) is 31.9 Å². The van der Waals surface area contributed by atoms with Gasteiger partial charge in [-0.15, -0.1) is 0 Å². The summed E-state index contributed by atoms with van der Waals surface area (Å²) in [5.74, 6) is 0. The molecule has 0 heterocycles. The molecule has 0 fully saturated rings. The number of amides is 1. The van der Waals surface area contributed by atoms with Gasteiger partial charge in [0.25, 0.3) is 0 Å². The molecule has 0 bridgehead atoms. The highest BCUT2D eigenvalue weighted by Crippen LogP contribution is 2.17. The Morgan fingerprint density at radius 3 is 2.21 bits per heavy atom. The molecule has 0 aliphatic rings. The molecule has 0 aliphatic carbocycles. The lowest BCUT2D eigenvalue weighted by Crippen LogP contribution is -2.46. The fourth-order valence-electron chi connectivity index (χ4n) is 2.40. The molecule has 0 radical (unpaired) electrons. The number of nitrogens with one attached hydrogen (secondary N) is 1. The van der Waals surface area contributed by atoms with Crippen LogP contribution in [0.4, 0.5) is 4.79 Å². The van der Waals surface area contributed by atoms with Crippen molar-refractivity contribution in [3.63, 3.8) is 0 Å². The van der Waals surface area contributed by atoms with E-state index in [1.165, 1.54) is 12.1 Å². The summed E-state index contributed by atoms with van der Waals surface area (Å²) in [6, 6.07) is 15.9. The minimum absolute atomic E-state index is 0.113. The maximum absolute atomic E-state index is 13.0. The Bertz CT molecular complexity index is 871. The van der Waals surface area contributed by atoms with Crippen LogP contribution in [0.3, 0.4) is 0 Å². The van der Waals surface area contributed by atoms with E-state index in [1.807, 2.05) is 37.3 Å². The first-order valence-electron chi connectivity index (χ1n) is 9.00. The molecule has 28 heavy (non-hydrogen) atoms. The molecule has 0 saturated carbocycles. The number of hydrogen-bond donors (Lipinski definition) is 1. The molecule has 2 rings (SSSR count). The summed E-state index contributed by atoms with van der Waals surface area (Å²) in [5, 5.41) is 1.17. The lowest BCUT2D eigenvalue weighted by molar-refractivity contribution is 0.0473. The van der Waals surface area contributed by atoms with Crippen LogP contribution >= 0.6 is 0 Å². The minimum Gasteiger partial charge on any atom is -0.444 e. The van der Waals surface area contributed by atoms with Crippen molar-refractivity contribution < 1.29 is 22.7 Å². The lowest BCUT2D eigenvalue weighted by Gasteiger charge is -2.24. The third-order valence-electron chi connectivity index (χ3n) is 3.78. The van der Waals surface area contributed by atoms with E-state index in [9.17, 15) is 13.2 Å². The molecule has 1 N–H and O–H groups in total. The average Bonchev–Trinajstić information content (AvgIpc) is 2.60. The van der Waals surface area contributed by atoms with Crippen LogP contribution in [-0.4, -0.2) is 32.1 Å². The molecule has 0 aromatic heterocycles. The summed E-state index contributed by atoms with van der Waals surface area (Å²) in [7, 11) is -3.86. The second kappa shape index (κ2) is 9.21. The minimum atomic E-state index is -3.86. The van der Waals surface area contributed by atoms with E-state index in [2.05, 4.69) is 5.32 Å². The molecular formula is C21H27NO5S. The molecule has 0 saturated heterocycles. The van der Waals surface area contributed by atoms with Crippen molar-refractivity contribution >= 4 is 15.9 Å². The highest BCUT2D eigenvalue weighted by molar-refractivity contribution is 7.92. The number of carbonyl (C=O) groups is 1. The monoisotopic (exact) mass is 405 g/mol. The van der Waals surface area contributed by atoms with Crippen LogP contribution < -0.4 is 5.32 Å². The van der Waals surface area contributed by atoms with E-state index >= 15 is 0 Å². The van der Waals surface area contributed by atoms with Gasteiger partial charge in [-0.05, 0) is 45.4 Å². The molecule has 0 aliphatic heterocycles. The molecule has 7 heteroatoms. The normalized spacial score (nSPS) is 13.0. The van der Waals surface area contributed by atoms with Gasteiger partial charge in [0.2, 0.25) is 9.84 Å². The summed E-state index contributed by atoms with van der Waals surface area (Å²) in [4.78, 5) is 12.3. The highest BCUT2D eigenvalue weighted by atomic mass is 32.2. The number of benzene rings is 2. The fourth-order valence-corrected chi connectivity index (χ4v) is 3.77. The summed E-state index contributed by atoms with van der Waals surface area (Å²) >= 11 is 0. The molecule has 6 nitrogen and oxygen atoms in total. The van der Waals surface area contributed by atoms with Crippen LogP contribution in [0.25, 0.3) is 0 Å². The van der Waals surface area contributed by atoms with E-state index < -0.39 is 26.9 Å². The Morgan fingerprint density at radius 1 is 1.04 bits per heavy atom. The lowest BCUT2D eigenvalue weighted by atomic mass is 10.2. The molecule has 1 amide bonds. The van der Waals surface area contributed by atoms with Gasteiger partial charge in [-0.3, -0.25) is 0 Å². The molecule has 0 spiro atoms. The van der Waals surface area contributed by atoms with Crippen LogP contribution in [0.2, 0.25) is 0 Å². The van der Waals surface area contributed by atoms with Gasteiger partial charge < -0.3 is 14.8 Å². The van der Waals surface area contributed by atoms with Crippen LogP contribution in [0.15, 0.2) is 59.5 Å². The first kappa shape index (κ1) is 21.9. The predicted molar refractivity (Wildman–Crippen MR) is 108 cm³/mol. The largest absolute Gasteiger partial charge is 0.444 e. The third kappa shape index (κ3) is 6.65. The third-order valence-corrected chi connectivity index (χ3v) is 5.71. The van der Waals surface area contributed by atoms with Gasteiger partial charge >= 0.3 is 6.09 Å². The van der Waals surface area contributed by atoms with E-state index in [0.29, 0.717) is 0 Å². The molecule has 152 valence electrons. The van der Waals surface area contributed by atoms with E-state index in [1.54, 1.807) is 32.9 Å². The van der Waals surface area contributed by atoms with Crippen molar-refractivity contribution in [3.8, 4) is 0 Å². The summed E-state index contributed by atoms with van der Waals surface area (Å²) in [6.45, 7) is 7.03. The Labute approximate surface area is 166 Å². The quantitative estimate of drug-likeness (QED) is 0.757. The predicted octanol–water partition coefficient (Wildman–Crippen LogP) is 3.84. The van der Waals surface area contributed by atoms with E-state index in [0.717, 1.165) is 11.1 Å². The van der Waals surface area contributed by atoms with Crippen molar-refractivity contribution in [1.29, 1.82) is 0 Å². The number of carbonyl (C=O) groups excluding carboxylic acids is 1. The van der Waals surface area contributed by atoms with Gasteiger partial charge in [0.1, 0.15) is 5.60 Å². The topological polar surface area (TPSA) is 81.7 Å². The smallest absolute Gasteiger partial charge is 0.408 e. The van der Waals surface area contributed by atoms with Crippen LogP contribution in [-0.2, 0) is 25.9 Å².